The molecule has 1 aliphatic heterocycles. The zero-order valence-electron chi connectivity index (χ0n) is 18.8. The highest BCUT2D eigenvalue weighted by Crippen LogP contribution is 2.23. The van der Waals surface area contributed by atoms with Crippen LogP contribution in [0.2, 0.25) is 0 Å². The van der Waals surface area contributed by atoms with Gasteiger partial charge in [-0.15, -0.1) is 0 Å². The smallest absolute Gasteiger partial charge is 0.253 e. The number of carbonyl (C=O) groups is 2. The Kier molecular flexibility index (Phi) is 7.36. The largest absolute Gasteiger partial charge is 0.378 e. The van der Waals surface area contributed by atoms with E-state index in [1.807, 2.05) is 22.9 Å². The van der Waals surface area contributed by atoms with Crippen molar-refractivity contribution in [2.75, 3.05) is 43.6 Å². The van der Waals surface area contributed by atoms with Gasteiger partial charge in [0.25, 0.3) is 5.91 Å². The SMILES string of the molecule is CN(Cc1ccccc1N1CCOCC1)C(=O)c1cccc(NC(=O)CCn2ccnc2)c1. The summed E-state index contributed by atoms with van der Waals surface area (Å²) in [5.74, 6) is -0.206. The molecule has 0 bridgehead atoms. The summed E-state index contributed by atoms with van der Waals surface area (Å²) in [7, 11) is 1.80. The van der Waals surface area contributed by atoms with E-state index >= 15 is 0 Å². The van der Waals surface area contributed by atoms with E-state index < -0.39 is 0 Å². The summed E-state index contributed by atoms with van der Waals surface area (Å²) in [4.78, 5) is 33.4. The van der Waals surface area contributed by atoms with Crippen LogP contribution in [0.15, 0.2) is 67.3 Å². The summed E-state index contributed by atoms with van der Waals surface area (Å²) in [6.45, 7) is 4.16. The molecule has 3 aromatic rings. The van der Waals surface area contributed by atoms with Gasteiger partial charge in [-0.3, -0.25) is 9.59 Å². The lowest BCUT2D eigenvalue weighted by Gasteiger charge is -2.31. The summed E-state index contributed by atoms with van der Waals surface area (Å²) in [5.41, 5.74) is 3.38. The minimum atomic E-state index is -0.110. The molecule has 8 nitrogen and oxygen atoms in total. The Balaban J connectivity index is 1.38. The Morgan fingerprint density at radius 3 is 2.73 bits per heavy atom. The lowest BCUT2D eigenvalue weighted by molar-refractivity contribution is -0.116. The third-order valence-electron chi connectivity index (χ3n) is 5.65. The fourth-order valence-corrected chi connectivity index (χ4v) is 3.91. The molecule has 1 fully saturated rings. The van der Waals surface area contributed by atoms with Crippen molar-refractivity contribution in [1.82, 2.24) is 14.5 Å². The molecule has 2 aromatic carbocycles. The topological polar surface area (TPSA) is 79.7 Å². The Hall–Kier alpha value is -3.65. The van der Waals surface area contributed by atoms with Gasteiger partial charge in [0, 0.05) is 69.0 Å². The highest BCUT2D eigenvalue weighted by molar-refractivity contribution is 5.97. The van der Waals surface area contributed by atoms with Crippen LogP contribution >= 0.6 is 0 Å². The zero-order chi connectivity index (χ0) is 23.0. The Bertz CT molecular complexity index is 1080. The van der Waals surface area contributed by atoms with E-state index in [1.54, 1.807) is 48.7 Å². The van der Waals surface area contributed by atoms with Crippen LogP contribution in [0.1, 0.15) is 22.3 Å². The monoisotopic (exact) mass is 447 g/mol. The van der Waals surface area contributed by atoms with E-state index in [1.165, 1.54) is 0 Å². The van der Waals surface area contributed by atoms with Gasteiger partial charge in [-0.1, -0.05) is 24.3 Å². The minimum absolute atomic E-state index is 0.0960. The summed E-state index contributed by atoms with van der Waals surface area (Å²) in [6.07, 6.45) is 5.51. The van der Waals surface area contributed by atoms with Gasteiger partial charge in [0.15, 0.2) is 0 Å². The van der Waals surface area contributed by atoms with E-state index in [0.717, 1.165) is 24.3 Å². The molecule has 8 heteroatoms. The molecule has 0 radical (unpaired) electrons. The number of ether oxygens (including phenoxy) is 1. The van der Waals surface area contributed by atoms with Crippen LogP contribution in [0, 0.1) is 0 Å². The quantitative estimate of drug-likeness (QED) is 0.574. The first-order valence-corrected chi connectivity index (χ1v) is 11.1. The number of nitrogens with one attached hydrogen (secondary N) is 1. The molecule has 4 rings (SSSR count). The number of amides is 2. The number of hydrogen-bond acceptors (Lipinski definition) is 5. The van der Waals surface area contributed by atoms with Crippen LogP contribution in [-0.2, 0) is 22.6 Å². The van der Waals surface area contributed by atoms with Gasteiger partial charge < -0.3 is 24.4 Å². The molecule has 0 spiro atoms. The van der Waals surface area contributed by atoms with Gasteiger partial charge in [0.05, 0.1) is 19.5 Å². The highest BCUT2D eigenvalue weighted by atomic mass is 16.5. The van der Waals surface area contributed by atoms with E-state index in [0.29, 0.717) is 44.0 Å². The van der Waals surface area contributed by atoms with Crippen LogP contribution in [0.25, 0.3) is 0 Å². The van der Waals surface area contributed by atoms with E-state index in [4.69, 9.17) is 4.74 Å². The predicted molar refractivity (Wildman–Crippen MR) is 127 cm³/mol. The number of nitrogens with zero attached hydrogens (tertiary/aromatic N) is 4. The zero-order valence-corrected chi connectivity index (χ0v) is 18.8. The van der Waals surface area contributed by atoms with Crippen molar-refractivity contribution < 1.29 is 14.3 Å². The molecule has 1 aliphatic rings. The molecule has 0 aliphatic carbocycles. The molecule has 1 aromatic heterocycles. The number of benzene rings is 2. The lowest BCUT2D eigenvalue weighted by Crippen LogP contribution is -2.37. The highest BCUT2D eigenvalue weighted by Gasteiger charge is 2.18. The van der Waals surface area contributed by atoms with Crippen molar-refractivity contribution in [3.8, 4) is 0 Å². The first kappa shape index (κ1) is 22.5. The van der Waals surface area contributed by atoms with Crippen molar-refractivity contribution >= 4 is 23.2 Å². The average Bonchev–Trinajstić information content (AvgIpc) is 3.37. The summed E-state index contributed by atoms with van der Waals surface area (Å²) in [5, 5.41) is 2.88. The summed E-state index contributed by atoms with van der Waals surface area (Å²) < 4.78 is 7.32. The molecular formula is C25H29N5O3. The number of carbonyl (C=O) groups excluding carboxylic acids is 2. The minimum Gasteiger partial charge on any atom is -0.378 e. The Morgan fingerprint density at radius 1 is 1.12 bits per heavy atom. The average molecular weight is 448 g/mol. The van der Waals surface area contributed by atoms with Crippen molar-refractivity contribution in [3.63, 3.8) is 0 Å². The molecule has 1 N–H and O–H groups in total. The first-order chi connectivity index (χ1) is 16.1. The van der Waals surface area contributed by atoms with Gasteiger partial charge in [-0.25, -0.2) is 4.98 Å². The van der Waals surface area contributed by atoms with Crippen LogP contribution in [0.5, 0.6) is 0 Å². The van der Waals surface area contributed by atoms with Gasteiger partial charge in [-0.2, -0.15) is 0 Å². The number of imidazole rings is 1. The lowest BCUT2D eigenvalue weighted by atomic mass is 10.1. The van der Waals surface area contributed by atoms with Gasteiger partial charge in [0.1, 0.15) is 0 Å². The predicted octanol–water partition coefficient (Wildman–Crippen LogP) is 3.02. The molecule has 0 unspecified atom stereocenters. The third kappa shape index (κ3) is 5.98. The molecule has 0 saturated carbocycles. The molecule has 2 heterocycles. The molecule has 33 heavy (non-hydrogen) atoms. The van der Waals surface area contributed by atoms with E-state index in [2.05, 4.69) is 27.3 Å². The van der Waals surface area contributed by atoms with Gasteiger partial charge in [-0.05, 0) is 29.8 Å². The number of morpholine rings is 1. The van der Waals surface area contributed by atoms with Crippen LogP contribution in [0.4, 0.5) is 11.4 Å². The van der Waals surface area contributed by atoms with Crippen LogP contribution in [0.3, 0.4) is 0 Å². The summed E-state index contributed by atoms with van der Waals surface area (Å²) >= 11 is 0. The second-order valence-electron chi connectivity index (χ2n) is 8.07. The standard InChI is InChI=1S/C25H29N5O3/c1-28(18-21-5-2-3-8-23(21)30-13-15-33-16-14-30)25(32)20-6-4-7-22(17-20)27-24(31)9-11-29-12-10-26-19-29/h2-8,10,12,17,19H,9,11,13-16,18H2,1H3,(H,27,31). The third-order valence-corrected chi connectivity index (χ3v) is 5.65. The number of para-hydroxylation sites is 1. The fourth-order valence-electron chi connectivity index (χ4n) is 3.91. The van der Waals surface area contributed by atoms with Crippen molar-refractivity contribution in [2.45, 2.75) is 19.5 Å². The molecule has 172 valence electrons. The maximum absolute atomic E-state index is 13.1. The second-order valence-corrected chi connectivity index (χ2v) is 8.07. The van der Waals surface area contributed by atoms with E-state index in [-0.39, 0.29) is 11.8 Å². The maximum Gasteiger partial charge on any atom is 0.253 e. The number of anilines is 2. The van der Waals surface area contributed by atoms with Crippen molar-refractivity contribution in [3.05, 3.63) is 78.4 Å². The Morgan fingerprint density at radius 2 is 1.94 bits per heavy atom. The number of hydrogen-bond donors (Lipinski definition) is 1. The van der Waals surface area contributed by atoms with Gasteiger partial charge in [0.2, 0.25) is 5.91 Å². The fraction of sp³-hybridized carbons (Fsp3) is 0.320. The molecule has 2 amide bonds. The van der Waals surface area contributed by atoms with Crippen molar-refractivity contribution in [1.29, 1.82) is 0 Å². The number of aromatic nitrogens is 2. The second kappa shape index (κ2) is 10.8. The maximum atomic E-state index is 13.1. The molecule has 1 saturated heterocycles. The summed E-state index contributed by atoms with van der Waals surface area (Å²) in [6, 6.07) is 15.3. The van der Waals surface area contributed by atoms with Crippen molar-refractivity contribution in [2.24, 2.45) is 0 Å². The Labute approximate surface area is 193 Å². The molecular weight excluding hydrogens is 418 g/mol. The normalized spacial score (nSPS) is 13.5. The van der Waals surface area contributed by atoms with Gasteiger partial charge >= 0.3 is 0 Å². The van der Waals surface area contributed by atoms with E-state index in [9.17, 15) is 9.59 Å². The number of aryl methyl sites for hydroxylation is 1. The van der Waals surface area contributed by atoms with Crippen LogP contribution in [-0.4, -0.2) is 59.6 Å². The number of rotatable bonds is 8. The first-order valence-electron chi connectivity index (χ1n) is 11.1. The molecule has 0 atom stereocenters. The van der Waals surface area contributed by atoms with Crippen LogP contribution < -0.4 is 10.2 Å².